The summed E-state index contributed by atoms with van der Waals surface area (Å²) in [4.78, 5) is 22.5. The third kappa shape index (κ3) is 1.24. The fraction of sp³-hybridized carbons (Fsp3) is 0.667. The molecule has 1 rings (SSSR count). The molecule has 5 nitrogen and oxygen atoms in total. The van der Waals surface area contributed by atoms with Gasteiger partial charge in [-0.2, -0.15) is 0 Å². The zero-order valence-corrected chi connectivity index (χ0v) is 5.86. The van der Waals surface area contributed by atoms with Crippen molar-refractivity contribution < 1.29 is 19.8 Å². The lowest BCUT2D eigenvalue weighted by molar-refractivity contribution is -0.143. The summed E-state index contributed by atoms with van der Waals surface area (Å²) in [5, 5.41) is 17.1. The van der Waals surface area contributed by atoms with Crippen LogP contribution in [0, 0.1) is 5.92 Å². The number of nitrogens with zero attached hydrogens (tertiary/aromatic N) is 1. The summed E-state index contributed by atoms with van der Waals surface area (Å²) in [5.74, 6) is -1.55. The molecule has 1 atom stereocenters. The molecule has 0 aliphatic carbocycles. The number of hydrogen-bond donors (Lipinski definition) is 2. The molecule has 0 saturated carbocycles. The van der Waals surface area contributed by atoms with E-state index in [2.05, 4.69) is 0 Å². The van der Waals surface area contributed by atoms with Gasteiger partial charge in [-0.1, -0.05) is 0 Å². The van der Waals surface area contributed by atoms with Gasteiger partial charge in [0.25, 0.3) is 0 Å². The second-order valence-corrected chi connectivity index (χ2v) is 2.39. The molecule has 2 N–H and O–H groups in total. The van der Waals surface area contributed by atoms with E-state index >= 15 is 0 Å². The van der Waals surface area contributed by atoms with Crippen molar-refractivity contribution in [1.82, 2.24) is 4.90 Å². The maximum atomic E-state index is 11.0. The van der Waals surface area contributed by atoms with Gasteiger partial charge in [-0.25, -0.2) is 0 Å². The van der Waals surface area contributed by atoms with Gasteiger partial charge in [-0.05, 0) is 0 Å². The van der Waals surface area contributed by atoms with Crippen LogP contribution in [-0.2, 0) is 9.59 Å². The molecule has 0 spiro atoms. The fourth-order valence-corrected chi connectivity index (χ4v) is 1.04. The molecular formula is C6H9NO4. The Bertz CT molecular complexity index is 191. The van der Waals surface area contributed by atoms with E-state index in [9.17, 15) is 9.59 Å². The number of aliphatic hydroxyl groups excluding tert-OH is 2. The molecule has 62 valence electrons. The molecule has 1 saturated heterocycles. The van der Waals surface area contributed by atoms with Crippen LogP contribution in [0.25, 0.3) is 0 Å². The Morgan fingerprint density at radius 1 is 1.45 bits per heavy atom. The van der Waals surface area contributed by atoms with E-state index in [1.165, 1.54) is 0 Å². The number of hydrogen-bond acceptors (Lipinski definition) is 4. The molecule has 1 aliphatic rings. The second kappa shape index (κ2) is 2.98. The first-order valence-corrected chi connectivity index (χ1v) is 3.26. The maximum absolute atomic E-state index is 11.0. The molecule has 0 bridgehead atoms. The van der Waals surface area contributed by atoms with Crippen LogP contribution in [0.5, 0.6) is 0 Å². The monoisotopic (exact) mass is 159 g/mol. The van der Waals surface area contributed by atoms with Gasteiger partial charge in [0.2, 0.25) is 11.8 Å². The molecular weight excluding hydrogens is 150 g/mol. The van der Waals surface area contributed by atoms with Gasteiger partial charge >= 0.3 is 0 Å². The zero-order valence-electron chi connectivity index (χ0n) is 5.86. The highest BCUT2D eigenvalue weighted by Crippen LogP contribution is 2.17. The van der Waals surface area contributed by atoms with Crippen LogP contribution in [-0.4, -0.2) is 40.3 Å². The molecule has 0 aromatic carbocycles. The van der Waals surface area contributed by atoms with E-state index in [1.807, 2.05) is 0 Å². The number of carbonyl (C=O) groups excluding carboxylic acids is 2. The van der Waals surface area contributed by atoms with Crippen LogP contribution in [0.3, 0.4) is 0 Å². The maximum Gasteiger partial charge on any atom is 0.237 e. The van der Waals surface area contributed by atoms with Crippen molar-refractivity contribution in [2.75, 3.05) is 13.3 Å². The lowest BCUT2D eigenvalue weighted by Crippen LogP contribution is -2.31. The van der Waals surface area contributed by atoms with Crippen LogP contribution >= 0.6 is 0 Å². The minimum absolute atomic E-state index is 0.00981. The predicted molar refractivity (Wildman–Crippen MR) is 34.1 cm³/mol. The third-order valence-electron chi connectivity index (χ3n) is 1.70. The Morgan fingerprint density at radius 2 is 2.09 bits per heavy atom. The zero-order chi connectivity index (χ0) is 8.43. The van der Waals surface area contributed by atoms with Crippen molar-refractivity contribution >= 4 is 11.8 Å². The second-order valence-electron chi connectivity index (χ2n) is 2.39. The highest BCUT2D eigenvalue weighted by atomic mass is 16.3. The standard InChI is InChI=1S/C6H9NO4/c8-2-4-1-5(10)7(3-9)6(4)11/h4,8-9H,1-3H2. The molecule has 1 aliphatic heterocycles. The molecule has 0 aromatic heterocycles. The van der Waals surface area contributed by atoms with Gasteiger partial charge in [-0.3, -0.25) is 14.5 Å². The smallest absolute Gasteiger partial charge is 0.237 e. The molecule has 2 amide bonds. The number of likely N-dealkylation sites (tertiary alicyclic amines) is 1. The average molecular weight is 159 g/mol. The molecule has 5 heteroatoms. The van der Waals surface area contributed by atoms with Crippen molar-refractivity contribution in [3.05, 3.63) is 0 Å². The quantitative estimate of drug-likeness (QED) is 0.471. The third-order valence-corrected chi connectivity index (χ3v) is 1.70. The van der Waals surface area contributed by atoms with Gasteiger partial charge < -0.3 is 10.2 Å². The Balaban J connectivity index is 2.71. The summed E-state index contributed by atoms with van der Waals surface area (Å²) in [5.41, 5.74) is 0. The minimum atomic E-state index is -0.644. The van der Waals surface area contributed by atoms with E-state index in [4.69, 9.17) is 10.2 Å². The Morgan fingerprint density at radius 3 is 2.36 bits per heavy atom. The van der Waals surface area contributed by atoms with E-state index in [0.717, 1.165) is 4.90 Å². The largest absolute Gasteiger partial charge is 0.396 e. The van der Waals surface area contributed by atoms with Crippen LogP contribution in [0.2, 0.25) is 0 Å². The van der Waals surface area contributed by atoms with Gasteiger partial charge in [0, 0.05) is 6.42 Å². The summed E-state index contributed by atoms with van der Waals surface area (Å²) in [6.07, 6.45) is 0.00981. The number of carbonyl (C=O) groups is 2. The fourth-order valence-electron chi connectivity index (χ4n) is 1.04. The van der Waals surface area contributed by atoms with Crippen LogP contribution in [0.15, 0.2) is 0 Å². The van der Waals surface area contributed by atoms with Gasteiger partial charge in [0.15, 0.2) is 0 Å². The minimum Gasteiger partial charge on any atom is -0.396 e. The van der Waals surface area contributed by atoms with Crippen LogP contribution < -0.4 is 0 Å². The van der Waals surface area contributed by atoms with Gasteiger partial charge in [0.1, 0.15) is 6.73 Å². The summed E-state index contributed by atoms with van der Waals surface area (Å²) in [6.45, 7) is -0.921. The lowest BCUT2D eigenvalue weighted by atomic mass is 10.1. The normalized spacial score (nSPS) is 24.9. The average Bonchev–Trinajstić information content (AvgIpc) is 2.26. The molecule has 0 radical (unpaired) electrons. The first kappa shape index (κ1) is 8.16. The molecule has 1 heterocycles. The van der Waals surface area contributed by atoms with Crippen molar-refractivity contribution in [2.24, 2.45) is 5.92 Å². The van der Waals surface area contributed by atoms with Crippen LogP contribution in [0.1, 0.15) is 6.42 Å². The number of imide groups is 1. The number of aliphatic hydroxyl groups is 2. The first-order valence-electron chi connectivity index (χ1n) is 3.26. The van der Waals surface area contributed by atoms with Crippen molar-refractivity contribution in [3.63, 3.8) is 0 Å². The van der Waals surface area contributed by atoms with Crippen LogP contribution in [0.4, 0.5) is 0 Å². The van der Waals surface area contributed by atoms with E-state index < -0.39 is 24.5 Å². The summed E-state index contributed by atoms with van der Waals surface area (Å²) >= 11 is 0. The Hall–Kier alpha value is -0.940. The van der Waals surface area contributed by atoms with Crippen molar-refractivity contribution in [1.29, 1.82) is 0 Å². The van der Waals surface area contributed by atoms with E-state index in [0.29, 0.717) is 0 Å². The highest BCUT2D eigenvalue weighted by Gasteiger charge is 2.37. The van der Waals surface area contributed by atoms with Gasteiger partial charge in [0.05, 0.1) is 12.5 Å². The predicted octanol–water partition coefficient (Wildman–Crippen LogP) is -1.70. The van der Waals surface area contributed by atoms with Crippen molar-refractivity contribution in [3.8, 4) is 0 Å². The van der Waals surface area contributed by atoms with Crippen molar-refractivity contribution in [2.45, 2.75) is 6.42 Å². The highest BCUT2D eigenvalue weighted by molar-refractivity contribution is 6.03. The molecule has 0 aromatic rings. The Labute approximate surface area is 63.2 Å². The summed E-state index contributed by atoms with van der Waals surface area (Å²) in [7, 11) is 0. The lowest BCUT2D eigenvalue weighted by Gasteiger charge is -2.08. The molecule has 11 heavy (non-hydrogen) atoms. The number of rotatable bonds is 2. The van der Waals surface area contributed by atoms with E-state index in [-0.39, 0.29) is 13.0 Å². The first-order chi connectivity index (χ1) is 5.20. The molecule has 1 unspecified atom stereocenters. The topological polar surface area (TPSA) is 77.8 Å². The van der Waals surface area contributed by atoms with E-state index in [1.54, 1.807) is 0 Å². The summed E-state index contributed by atoms with van der Waals surface area (Å²) in [6, 6.07) is 0. The Kier molecular flexibility index (Phi) is 2.21. The summed E-state index contributed by atoms with van der Waals surface area (Å²) < 4.78 is 0. The number of amides is 2. The molecule has 1 fully saturated rings. The van der Waals surface area contributed by atoms with Gasteiger partial charge in [-0.15, -0.1) is 0 Å². The SMILES string of the molecule is O=C1CC(CO)C(=O)N1CO.